The Kier molecular flexibility index (Phi) is 6.43. The van der Waals surface area contributed by atoms with Gasteiger partial charge in [0.05, 0.1) is 53.0 Å². The number of imide groups is 2. The first-order chi connectivity index (χ1) is 20.4. The third-order valence-electron chi connectivity index (χ3n) is 9.34. The molecular formula is C29H26N4O10-2. The van der Waals surface area contributed by atoms with Gasteiger partial charge < -0.3 is 25.6 Å². The zero-order valence-corrected chi connectivity index (χ0v) is 23.2. The molecule has 0 radical (unpaired) electrons. The molecule has 2 saturated heterocycles. The maximum Gasteiger partial charge on any atom is 0.334 e. The summed E-state index contributed by atoms with van der Waals surface area (Å²) in [6.07, 6.45) is 0. The van der Waals surface area contributed by atoms with Crippen LogP contribution < -0.4 is 20.3 Å². The molecule has 7 rings (SSSR count). The lowest BCUT2D eigenvalue weighted by atomic mass is 9.43. The molecule has 5 aliphatic rings. The average molecular weight is 591 g/mol. The largest absolute Gasteiger partial charge is 0.733 e. The molecule has 2 unspecified atom stereocenters. The SMILES string of the molecule is CCOC(=O)C1=C(C)C2[C@H]3C(=O)N(c4ccccc4N([O-])O)C(=O)[C@@H]3C1(C)[C@H]1C(=O)N(c3ccccc3N([O-])O)C(=O)[C@@H]21. The number of nitrogens with zero attached hydrogens (tertiary/aromatic N) is 4. The molecule has 0 spiro atoms. The second kappa shape index (κ2) is 9.70. The Hall–Kier alpha value is -4.63. The lowest BCUT2D eigenvalue weighted by Crippen LogP contribution is -2.61. The van der Waals surface area contributed by atoms with E-state index in [4.69, 9.17) is 4.74 Å². The van der Waals surface area contributed by atoms with Gasteiger partial charge in [-0.2, -0.15) is 0 Å². The molecule has 2 heterocycles. The van der Waals surface area contributed by atoms with Crippen LogP contribution in [0.15, 0.2) is 59.7 Å². The molecule has 4 amide bonds. The van der Waals surface area contributed by atoms with Crippen LogP contribution in [-0.2, 0) is 28.7 Å². The zero-order chi connectivity index (χ0) is 31.1. The van der Waals surface area contributed by atoms with E-state index in [9.17, 15) is 44.8 Å². The van der Waals surface area contributed by atoms with Crippen LogP contribution in [0.2, 0.25) is 0 Å². The number of hydrogen-bond donors (Lipinski definition) is 2. The third kappa shape index (κ3) is 3.57. The standard InChI is InChI=1S/C29H26N4O10/c1-4-43-28(38)21-13(2)18-19-22(26(36)30(24(19)34)14-9-5-7-11-16(14)32(39)40)29(21,3)23-20(18)25(35)31(27(23)37)15-10-6-8-12-17(15)33(41)42/h5-12,18-20,22-23,39,41H,4H2,1-3H3/q-2/t18?,19-,20+,22-,23-,29?/m1/s1. The normalized spacial score (nSPS) is 29.3. The molecule has 3 fully saturated rings. The maximum atomic E-state index is 14.3. The van der Waals surface area contributed by atoms with Crippen molar-refractivity contribution in [3.8, 4) is 0 Å². The summed E-state index contributed by atoms with van der Waals surface area (Å²) in [6, 6.07) is 10.8. The molecule has 224 valence electrons. The van der Waals surface area contributed by atoms with Crippen molar-refractivity contribution in [3.05, 3.63) is 70.1 Å². The van der Waals surface area contributed by atoms with Crippen molar-refractivity contribution in [1.29, 1.82) is 0 Å². The Morgan fingerprint density at radius 2 is 1.23 bits per heavy atom. The summed E-state index contributed by atoms with van der Waals surface area (Å²) < 4.78 is 5.34. The number of allylic oxidation sites excluding steroid dienone is 1. The highest BCUT2D eigenvalue weighted by molar-refractivity contribution is 6.28. The minimum Gasteiger partial charge on any atom is -0.733 e. The number of rotatable bonds is 6. The van der Waals surface area contributed by atoms with E-state index >= 15 is 0 Å². The van der Waals surface area contributed by atoms with E-state index in [0.717, 1.165) is 9.80 Å². The van der Waals surface area contributed by atoms with Crippen LogP contribution in [0, 0.1) is 45.4 Å². The highest BCUT2D eigenvalue weighted by Gasteiger charge is 2.77. The summed E-state index contributed by atoms with van der Waals surface area (Å²) in [7, 11) is 0. The van der Waals surface area contributed by atoms with Crippen LogP contribution >= 0.6 is 0 Å². The summed E-state index contributed by atoms with van der Waals surface area (Å²) in [5.41, 5.74) is -2.56. The van der Waals surface area contributed by atoms with Gasteiger partial charge in [-0.25, -0.2) is 14.6 Å². The summed E-state index contributed by atoms with van der Waals surface area (Å²) in [6.45, 7) is 4.60. The molecule has 2 bridgehead atoms. The molecule has 2 aromatic rings. The van der Waals surface area contributed by atoms with Gasteiger partial charge in [-0.05, 0) is 38.1 Å². The molecule has 3 aliphatic carbocycles. The molecular weight excluding hydrogens is 564 g/mol. The van der Waals surface area contributed by atoms with E-state index in [-0.39, 0.29) is 34.9 Å². The number of carbonyl (C=O) groups excluding carboxylic acids is 5. The predicted octanol–water partition coefficient (Wildman–Crippen LogP) is 2.51. The van der Waals surface area contributed by atoms with Crippen molar-refractivity contribution in [1.82, 2.24) is 0 Å². The van der Waals surface area contributed by atoms with E-state index in [1.165, 1.54) is 55.5 Å². The number of amides is 4. The molecule has 14 nitrogen and oxygen atoms in total. The Bertz CT molecular complexity index is 1540. The number of ether oxygens (including phenoxy) is 1. The topological polar surface area (TPSA) is 194 Å². The van der Waals surface area contributed by atoms with Gasteiger partial charge >= 0.3 is 5.97 Å². The van der Waals surface area contributed by atoms with Gasteiger partial charge in [0.2, 0.25) is 23.6 Å². The fourth-order valence-electron chi connectivity index (χ4n) is 7.91. The van der Waals surface area contributed by atoms with Crippen LogP contribution in [0.4, 0.5) is 22.7 Å². The monoisotopic (exact) mass is 590 g/mol. The number of para-hydroxylation sites is 4. The quantitative estimate of drug-likeness (QED) is 0.284. The first-order valence-electron chi connectivity index (χ1n) is 13.5. The molecule has 14 heteroatoms. The lowest BCUT2D eigenvalue weighted by Gasteiger charge is -2.55. The van der Waals surface area contributed by atoms with E-state index in [1.807, 2.05) is 0 Å². The Morgan fingerprint density at radius 1 is 0.814 bits per heavy atom. The molecule has 6 atom stereocenters. The number of anilines is 4. The highest BCUT2D eigenvalue weighted by atomic mass is 16.8. The third-order valence-corrected chi connectivity index (χ3v) is 9.34. The van der Waals surface area contributed by atoms with Gasteiger partial charge in [-0.15, -0.1) is 0 Å². The summed E-state index contributed by atoms with van der Waals surface area (Å²) in [4.78, 5) is 71.8. The molecule has 2 aromatic carbocycles. The van der Waals surface area contributed by atoms with Crippen LogP contribution in [0.3, 0.4) is 0 Å². The van der Waals surface area contributed by atoms with Gasteiger partial charge in [-0.1, -0.05) is 36.8 Å². The smallest absolute Gasteiger partial charge is 0.334 e. The number of carbonyl (C=O) groups is 5. The van der Waals surface area contributed by atoms with Gasteiger partial charge in [0.15, 0.2) is 0 Å². The van der Waals surface area contributed by atoms with Crippen molar-refractivity contribution in [2.45, 2.75) is 20.8 Å². The second-order valence-electron chi connectivity index (χ2n) is 11.1. The van der Waals surface area contributed by atoms with Crippen LogP contribution in [0.25, 0.3) is 0 Å². The van der Waals surface area contributed by atoms with Crippen molar-refractivity contribution in [2.24, 2.45) is 35.0 Å². The van der Waals surface area contributed by atoms with Crippen molar-refractivity contribution in [2.75, 3.05) is 26.9 Å². The number of esters is 1. The number of hydrogen-bond acceptors (Lipinski definition) is 12. The van der Waals surface area contributed by atoms with Crippen LogP contribution in [-0.4, -0.2) is 46.6 Å². The zero-order valence-electron chi connectivity index (χ0n) is 23.2. The summed E-state index contributed by atoms with van der Waals surface area (Å²) in [5, 5.41) is 42.3. The van der Waals surface area contributed by atoms with Gasteiger partial charge in [0, 0.05) is 16.9 Å². The van der Waals surface area contributed by atoms with Crippen LogP contribution in [0.5, 0.6) is 0 Å². The molecule has 2 N–H and O–H groups in total. The van der Waals surface area contributed by atoms with Gasteiger partial charge in [-0.3, -0.25) is 29.6 Å². The van der Waals surface area contributed by atoms with Crippen LogP contribution in [0.1, 0.15) is 20.8 Å². The van der Waals surface area contributed by atoms with Gasteiger partial charge in [0.1, 0.15) is 0 Å². The Morgan fingerprint density at radius 3 is 1.63 bits per heavy atom. The summed E-state index contributed by atoms with van der Waals surface area (Å²) in [5.74, 6) is -10.1. The minimum atomic E-state index is -1.74. The fraction of sp³-hybridized carbons (Fsp3) is 0.345. The van der Waals surface area contributed by atoms with E-state index in [0.29, 0.717) is 5.57 Å². The molecule has 43 heavy (non-hydrogen) atoms. The van der Waals surface area contributed by atoms with E-state index in [1.54, 1.807) is 13.8 Å². The molecule has 2 aliphatic heterocycles. The van der Waals surface area contributed by atoms with E-state index < -0.39 is 75.1 Å². The van der Waals surface area contributed by atoms with Crippen molar-refractivity contribution < 1.29 is 39.1 Å². The highest BCUT2D eigenvalue weighted by Crippen LogP contribution is 2.69. The Labute approximate surface area is 244 Å². The van der Waals surface area contributed by atoms with Crippen molar-refractivity contribution in [3.63, 3.8) is 0 Å². The number of benzene rings is 2. The molecule has 1 saturated carbocycles. The Balaban J connectivity index is 1.56. The second-order valence-corrected chi connectivity index (χ2v) is 11.1. The van der Waals surface area contributed by atoms with Crippen molar-refractivity contribution >= 4 is 52.3 Å². The minimum absolute atomic E-state index is 0.00893. The first-order valence-corrected chi connectivity index (χ1v) is 13.5. The summed E-state index contributed by atoms with van der Waals surface area (Å²) >= 11 is 0. The fourth-order valence-corrected chi connectivity index (χ4v) is 7.91. The van der Waals surface area contributed by atoms with Gasteiger partial charge in [0.25, 0.3) is 0 Å². The maximum absolute atomic E-state index is 14.3. The van der Waals surface area contributed by atoms with E-state index in [2.05, 4.69) is 0 Å². The predicted molar refractivity (Wildman–Crippen MR) is 148 cm³/mol. The molecule has 0 aromatic heterocycles. The average Bonchev–Trinajstić information content (AvgIpc) is 3.39. The lowest BCUT2D eigenvalue weighted by molar-refractivity contribution is -0.155. The first kappa shape index (κ1) is 28.5.